The first-order chi connectivity index (χ1) is 16.5. The largest absolute Gasteiger partial charge is 0.497 e. The van der Waals surface area contributed by atoms with Crippen LogP contribution in [0.4, 0.5) is 0 Å². The van der Waals surface area contributed by atoms with Crippen molar-refractivity contribution in [3.63, 3.8) is 0 Å². The standard InChI is InChI=1S/C27H28N2O5/c1-30-18-9-8-16(23(13-18)32-3)12-17-6-5-7-21-25(22(15-28)27(29)34-26(17)21)20-11-10-19(31-2)14-24(20)33-4/h8-14,25H,5-7,29H2,1-4H3/b17-12+/t25-/m0/s1. The lowest BCUT2D eigenvalue weighted by molar-refractivity contribution is 0.276. The Bertz CT molecular complexity index is 1240. The molecule has 1 aliphatic heterocycles. The molecule has 2 aromatic rings. The van der Waals surface area contributed by atoms with Crippen LogP contribution in [-0.2, 0) is 4.74 Å². The number of benzene rings is 2. The van der Waals surface area contributed by atoms with Crippen molar-refractivity contribution < 1.29 is 23.7 Å². The third kappa shape index (κ3) is 4.15. The molecule has 0 spiro atoms. The van der Waals surface area contributed by atoms with E-state index in [0.29, 0.717) is 34.3 Å². The van der Waals surface area contributed by atoms with Crippen LogP contribution in [-0.4, -0.2) is 28.4 Å². The monoisotopic (exact) mass is 460 g/mol. The summed E-state index contributed by atoms with van der Waals surface area (Å²) in [7, 11) is 6.46. The molecule has 4 rings (SSSR count). The Balaban J connectivity index is 1.86. The van der Waals surface area contributed by atoms with Gasteiger partial charge in [0, 0.05) is 23.3 Å². The smallest absolute Gasteiger partial charge is 0.205 e. The van der Waals surface area contributed by atoms with E-state index in [1.54, 1.807) is 28.4 Å². The molecule has 1 aliphatic carbocycles. The molecule has 0 saturated carbocycles. The average molecular weight is 461 g/mol. The number of nitrogens with zero attached hydrogens (tertiary/aromatic N) is 1. The number of ether oxygens (including phenoxy) is 5. The number of nitrogens with two attached hydrogens (primary N) is 1. The Kier molecular flexibility index (Phi) is 6.69. The van der Waals surface area contributed by atoms with Crippen LogP contribution < -0.4 is 24.7 Å². The van der Waals surface area contributed by atoms with Crippen LogP contribution in [0.25, 0.3) is 6.08 Å². The van der Waals surface area contributed by atoms with Crippen LogP contribution in [0.15, 0.2) is 64.8 Å². The Morgan fingerprint density at radius 2 is 1.62 bits per heavy atom. The summed E-state index contributed by atoms with van der Waals surface area (Å²) in [5.41, 5.74) is 10.4. The van der Waals surface area contributed by atoms with E-state index in [9.17, 15) is 5.26 Å². The van der Waals surface area contributed by atoms with Crippen molar-refractivity contribution in [2.75, 3.05) is 28.4 Å². The second-order valence-electron chi connectivity index (χ2n) is 8.02. The highest BCUT2D eigenvalue weighted by atomic mass is 16.5. The van der Waals surface area contributed by atoms with Crippen LogP contribution >= 0.6 is 0 Å². The predicted molar refractivity (Wildman–Crippen MR) is 129 cm³/mol. The SMILES string of the molecule is COc1ccc(/C=C2\CCCC3=C2OC(N)=C(C#N)[C@H]3c2ccc(OC)cc2OC)c(OC)c1. The summed E-state index contributed by atoms with van der Waals surface area (Å²) in [6.07, 6.45) is 4.57. The van der Waals surface area contributed by atoms with Gasteiger partial charge in [-0.25, -0.2) is 0 Å². The summed E-state index contributed by atoms with van der Waals surface area (Å²) < 4.78 is 28.0. The van der Waals surface area contributed by atoms with Crippen molar-refractivity contribution in [3.8, 4) is 29.1 Å². The maximum Gasteiger partial charge on any atom is 0.205 e. The Labute approximate surface area is 199 Å². The van der Waals surface area contributed by atoms with Crippen LogP contribution in [0.2, 0.25) is 0 Å². The van der Waals surface area contributed by atoms with E-state index in [1.165, 1.54) is 0 Å². The zero-order chi connectivity index (χ0) is 24.2. The lowest BCUT2D eigenvalue weighted by atomic mass is 9.76. The highest BCUT2D eigenvalue weighted by Gasteiger charge is 2.37. The zero-order valence-electron chi connectivity index (χ0n) is 19.8. The Hall–Kier alpha value is -4.05. The predicted octanol–water partition coefficient (Wildman–Crippen LogP) is 5.05. The summed E-state index contributed by atoms with van der Waals surface area (Å²) in [5, 5.41) is 9.97. The van der Waals surface area contributed by atoms with Gasteiger partial charge in [-0.15, -0.1) is 0 Å². The highest BCUT2D eigenvalue weighted by molar-refractivity contribution is 5.67. The topological polar surface area (TPSA) is 96.0 Å². The highest BCUT2D eigenvalue weighted by Crippen LogP contribution is 2.49. The molecule has 2 aliphatic rings. The lowest BCUT2D eigenvalue weighted by Gasteiger charge is -2.33. The maximum absolute atomic E-state index is 9.97. The number of hydrogen-bond donors (Lipinski definition) is 1. The molecule has 0 amide bonds. The zero-order valence-corrected chi connectivity index (χ0v) is 19.8. The molecular formula is C27H28N2O5. The third-order valence-corrected chi connectivity index (χ3v) is 6.23. The van der Waals surface area contributed by atoms with Crippen molar-refractivity contribution in [2.45, 2.75) is 25.2 Å². The molecule has 34 heavy (non-hydrogen) atoms. The number of allylic oxidation sites excluding steroid dienone is 3. The minimum absolute atomic E-state index is 0.110. The van der Waals surface area contributed by atoms with Crippen LogP contribution in [0.3, 0.4) is 0 Å². The maximum atomic E-state index is 9.97. The van der Waals surface area contributed by atoms with Crippen LogP contribution in [0.1, 0.15) is 36.3 Å². The molecule has 7 nitrogen and oxygen atoms in total. The molecule has 0 unspecified atom stereocenters. The third-order valence-electron chi connectivity index (χ3n) is 6.23. The summed E-state index contributed by atoms with van der Waals surface area (Å²) >= 11 is 0. The van der Waals surface area contributed by atoms with Gasteiger partial charge >= 0.3 is 0 Å². The van der Waals surface area contributed by atoms with Gasteiger partial charge in [0.2, 0.25) is 5.88 Å². The molecule has 1 heterocycles. The van der Waals surface area contributed by atoms with Gasteiger partial charge in [0.15, 0.2) is 0 Å². The van der Waals surface area contributed by atoms with Gasteiger partial charge in [0.1, 0.15) is 40.4 Å². The molecule has 1 atom stereocenters. The van der Waals surface area contributed by atoms with Gasteiger partial charge in [0.05, 0.1) is 34.4 Å². The average Bonchev–Trinajstić information content (AvgIpc) is 2.88. The molecular weight excluding hydrogens is 432 g/mol. The summed E-state index contributed by atoms with van der Waals surface area (Å²) in [6.45, 7) is 0. The lowest BCUT2D eigenvalue weighted by Crippen LogP contribution is -2.24. The molecule has 0 radical (unpaired) electrons. The number of rotatable bonds is 6. The van der Waals surface area contributed by atoms with E-state index in [1.807, 2.05) is 36.4 Å². The second kappa shape index (κ2) is 9.84. The van der Waals surface area contributed by atoms with Crippen molar-refractivity contribution in [1.29, 1.82) is 5.26 Å². The van der Waals surface area contributed by atoms with Gasteiger partial charge in [-0.2, -0.15) is 5.26 Å². The number of hydrogen-bond acceptors (Lipinski definition) is 7. The molecule has 7 heteroatoms. The van der Waals surface area contributed by atoms with Gasteiger partial charge < -0.3 is 29.4 Å². The van der Waals surface area contributed by atoms with Gasteiger partial charge in [-0.1, -0.05) is 6.07 Å². The minimum Gasteiger partial charge on any atom is -0.497 e. The Morgan fingerprint density at radius 1 is 0.941 bits per heavy atom. The van der Waals surface area contributed by atoms with Gasteiger partial charge in [-0.05, 0) is 54.7 Å². The fourth-order valence-electron chi connectivity index (χ4n) is 4.57. The van der Waals surface area contributed by atoms with E-state index >= 15 is 0 Å². The van der Waals surface area contributed by atoms with Crippen LogP contribution in [0, 0.1) is 11.3 Å². The molecule has 2 N–H and O–H groups in total. The van der Waals surface area contributed by atoms with Crippen molar-refractivity contribution in [2.24, 2.45) is 5.73 Å². The molecule has 0 bridgehead atoms. The van der Waals surface area contributed by atoms with Gasteiger partial charge in [-0.3, -0.25) is 0 Å². The first-order valence-corrected chi connectivity index (χ1v) is 11.0. The summed E-state index contributed by atoms with van der Waals surface area (Å²) in [5.74, 6) is 3.18. The normalized spacial score (nSPS) is 18.7. The van der Waals surface area contributed by atoms with E-state index in [4.69, 9.17) is 29.4 Å². The Morgan fingerprint density at radius 3 is 2.26 bits per heavy atom. The van der Waals surface area contributed by atoms with E-state index in [2.05, 4.69) is 12.1 Å². The fourth-order valence-corrected chi connectivity index (χ4v) is 4.57. The van der Waals surface area contributed by atoms with Crippen LogP contribution in [0.5, 0.6) is 23.0 Å². The summed E-state index contributed by atoms with van der Waals surface area (Å²) in [4.78, 5) is 0. The first-order valence-electron chi connectivity index (χ1n) is 11.0. The van der Waals surface area contributed by atoms with E-state index in [0.717, 1.165) is 41.5 Å². The first kappa shape index (κ1) is 23.1. The quantitative estimate of drug-likeness (QED) is 0.644. The molecule has 0 fully saturated rings. The molecule has 0 aromatic heterocycles. The van der Waals surface area contributed by atoms with Gasteiger partial charge in [0.25, 0.3) is 0 Å². The van der Waals surface area contributed by atoms with Crippen molar-refractivity contribution >= 4 is 6.08 Å². The molecule has 176 valence electrons. The molecule has 0 saturated heterocycles. The number of nitriles is 1. The van der Waals surface area contributed by atoms with E-state index < -0.39 is 0 Å². The van der Waals surface area contributed by atoms with Crippen molar-refractivity contribution in [1.82, 2.24) is 0 Å². The second-order valence-corrected chi connectivity index (χ2v) is 8.02. The number of methoxy groups -OCH3 is 4. The minimum atomic E-state index is -0.365. The van der Waals surface area contributed by atoms with E-state index in [-0.39, 0.29) is 11.8 Å². The molecule has 2 aromatic carbocycles. The fraction of sp³-hybridized carbons (Fsp3) is 0.296. The summed E-state index contributed by atoms with van der Waals surface area (Å²) in [6, 6.07) is 13.6. The van der Waals surface area contributed by atoms with Crippen molar-refractivity contribution in [3.05, 3.63) is 75.9 Å².